The molecule has 1 aromatic carbocycles. The number of benzene rings is 1. The molecule has 0 spiro atoms. The van der Waals surface area contributed by atoms with E-state index in [-0.39, 0.29) is 42.2 Å². The number of carbonyl (C=O) groups is 3. The van der Waals surface area contributed by atoms with Gasteiger partial charge in [0, 0.05) is 17.3 Å². The average Bonchev–Trinajstić information content (AvgIpc) is 3.35. The van der Waals surface area contributed by atoms with E-state index in [1.165, 1.54) is 4.90 Å². The predicted octanol–water partition coefficient (Wildman–Crippen LogP) is 2.12. The van der Waals surface area contributed by atoms with Gasteiger partial charge in [0.2, 0.25) is 11.8 Å². The molecule has 7 nitrogen and oxygen atoms in total. The van der Waals surface area contributed by atoms with Gasteiger partial charge in [-0.2, -0.15) is 0 Å². The first kappa shape index (κ1) is 16.0. The summed E-state index contributed by atoms with van der Waals surface area (Å²) >= 11 is 0. The molecule has 136 valence electrons. The molecule has 2 aliphatic carbocycles. The molecular weight excluding hydrogens is 344 g/mol. The third kappa shape index (κ3) is 2.50. The summed E-state index contributed by atoms with van der Waals surface area (Å²) in [4.78, 5) is 42.8. The molecule has 1 aliphatic heterocycles. The number of urea groups is 1. The van der Waals surface area contributed by atoms with Gasteiger partial charge >= 0.3 is 6.03 Å². The molecule has 0 radical (unpaired) electrons. The smallest absolute Gasteiger partial charge is 0.320 e. The molecule has 27 heavy (non-hydrogen) atoms. The van der Waals surface area contributed by atoms with Crippen LogP contribution in [0.4, 0.5) is 10.5 Å². The molecule has 1 saturated carbocycles. The summed E-state index contributed by atoms with van der Waals surface area (Å²) in [5.41, 5.74) is 1.46. The highest BCUT2D eigenvalue weighted by Crippen LogP contribution is 2.52. The lowest BCUT2D eigenvalue weighted by Gasteiger charge is -2.18. The molecule has 2 bridgehead atoms. The van der Waals surface area contributed by atoms with E-state index in [1.807, 2.05) is 24.3 Å². The zero-order valence-corrected chi connectivity index (χ0v) is 14.5. The molecule has 4 unspecified atom stereocenters. The normalized spacial score (nSPS) is 28.1. The van der Waals surface area contributed by atoms with Crippen LogP contribution in [0.15, 0.2) is 48.7 Å². The Morgan fingerprint density at radius 3 is 2.59 bits per heavy atom. The third-order valence-electron chi connectivity index (χ3n) is 5.82. The van der Waals surface area contributed by atoms with Gasteiger partial charge in [-0.25, -0.2) is 4.79 Å². The van der Waals surface area contributed by atoms with Gasteiger partial charge in [0.05, 0.1) is 17.4 Å². The van der Waals surface area contributed by atoms with E-state index in [1.54, 1.807) is 12.3 Å². The SMILES string of the molecule is O=C(NCN1C(=O)C2C3C=CC(C3)C2C1=O)Nc1ccc2ncccc2c1. The molecule has 2 heterocycles. The summed E-state index contributed by atoms with van der Waals surface area (Å²) in [6.45, 7) is -0.106. The van der Waals surface area contributed by atoms with Crippen molar-refractivity contribution in [1.82, 2.24) is 15.2 Å². The van der Waals surface area contributed by atoms with Crippen LogP contribution in [0.3, 0.4) is 0 Å². The average molecular weight is 362 g/mol. The maximum absolute atomic E-state index is 12.6. The van der Waals surface area contributed by atoms with Gasteiger partial charge in [-0.05, 0) is 42.5 Å². The zero-order valence-electron chi connectivity index (χ0n) is 14.5. The Balaban J connectivity index is 1.23. The molecule has 4 atom stereocenters. The highest BCUT2D eigenvalue weighted by Gasteiger charge is 2.59. The highest BCUT2D eigenvalue weighted by atomic mass is 16.2. The summed E-state index contributed by atoms with van der Waals surface area (Å²) in [7, 11) is 0. The van der Waals surface area contributed by atoms with Crippen LogP contribution >= 0.6 is 0 Å². The number of hydrogen-bond donors (Lipinski definition) is 2. The van der Waals surface area contributed by atoms with E-state index in [2.05, 4.69) is 27.8 Å². The number of nitrogens with one attached hydrogen (secondary N) is 2. The molecule has 4 amide bonds. The van der Waals surface area contributed by atoms with Crippen LogP contribution in [0, 0.1) is 23.7 Å². The van der Waals surface area contributed by atoms with Crippen molar-refractivity contribution in [2.75, 3.05) is 12.0 Å². The Morgan fingerprint density at radius 2 is 1.85 bits per heavy atom. The Kier molecular flexibility index (Phi) is 3.50. The van der Waals surface area contributed by atoms with E-state index < -0.39 is 6.03 Å². The fraction of sp³-hybridized carbons (Fsp3) is 0.300. The van der Waals surface area contributed by atoms with Crippen molar-refractivity contribution in [3.63, 3.8) is 0 Å². The van der Waals surface area contributed by atoms with Crippen molar-refractivity contribution in [1.29, 1.82) is 0 Å². The topological polar surface area (TPSA) is 91.4 Å². The van der Waals surface area contributed by atoms with E-state index in [0.29, 0.717) is 5.69 Å². The van der Waals surface area contributed by atoms with Gasteiger partial charge in [0.1, 0.15) is 6.67 Å². The first-order valence-electron chi connectivity index (χ1n) is 9.05. The van der Waals surface area contributed by atoms with Gasteiger partial charge in [-0.3, -0.25) is 19.5 Å². The maximum atomic E-state index is 12.6. The number of carbonyl (C=O) groups excluding carboxylic acids is 3. The van der Waals surface area contributed by atoms with Gasteiger partial charge in [0.25, 0.3) is 0 Å². The number of anilines is 1. The Labute approximate surface area is 155 Å². The van der Waals surface area contributed by atoms with E-state index >= 15 is 0 Å². The molecule has 7 heteroatoms. The Morgan fingerprint density at radius 1 is 1.11 bits per heavy atom. The van der Waals surface area contributed by atoms with Crippen LogP contribution in [0.5, 0.6) is 0 Å². The summed E-state index contributed by atoms with van der Waals surface area (Å²) in [6.07, 6.45) is 6.71. The van der Waals surface area contributed by atoms with Crippen LogP contribution in [0.25, 0.3) is 10.9 Å². The predicted molar refractivity (Wildman–Crippen MR) is 98.3 cm³/mol. The molecular formula is C20H18N4O3. The van der Waals surface area contributed by atoms with E-state index in [9.17, 15) is 14.4 Å². The van der Waals surface area contributed by atoms with Gasteiger partial charge in [0.15, 0.2) is 0 Å². The van der Waals surface area contributed by atoms with Crippen molar-refractivity contribution in [3.8, 4) is 0 Å². The number of likely N-dealkylation sites (tertiary alicyclic amines) is 1. The van der Waals surface area contributed by atoms with Crippen LogP contribution in [-0.2, 0) is 9.59 Å². The molecule has 5 rings (SSSR count). The van der Waals surface area contributed by atoms with Crippen LogP contribution < -0.4 is 10.6 Å². The zero-order chi connectivity index (χ0) is 18.5. The van der Waals surface area contributed by atoms with Gasteiger partial charge < -0.3 is 10.6 Å². The first-order chi connectivity index (χ1) is 13.1. The number of imide groups is 1. The number of aromatic nitrogens is 1. The summed E-state index contributed by atoms with van der Waals surface area (Å²) in [6, 6.07) is 8.68. The van der Waals surface area contributed by atoms with Crippen molar-refractivity contribution >= 4 is 34.4 Å². The molecule has 2 N–H and O–H groups in total. The molecule has 2 aromatic rings. The van der Waals surface area contributed by atoms with E-state index in [4.69, 9.17) is 0 Å². The fourth-order valence-corrected chi connectivity index (χ4v) is 4.60. The lowest BCUT2D eigenvalue weighted by atomic mass is 9.85. The minimum atomic E-state index is -0.461. The quantitative estimate of drug-likeness (QED) is 0.646. The maximum Gasteiger partial charge on any atom is 0.320 e. The molecule has 2 fully saturated rings. The molecule has 1 saturated heterocycles. The monoisotopic (exact) mass is 362 g/mol. The Hall–Kier alpha value is -3.22. The van der Waals surface area contributed by atoms with Crippen molar-refractivity contribution < 1.29 is 14.4 Å². The third-order valence-corrected chi connectivity index (χ3v) is 5.82. The van der Waals surface area contributed by atoms with Crippen molar-refractivity contribution in [2.45, 2.75) is 6.42 Å². The minimum absolute atomic E-state index is 0.106. The van der Waals surface area contributed by atoms with Crippen molar-refractivity contribution in [3.05, 3.63) is 48.7 Å². The number of allylic oxidation sites excluding steroid dienone is 2. The number of amides is 4. The lowest BCUT2D eigenvalue weighted by molar-refractivity contribution is -0.140. The standard InChI is InChI=1S/C20H18N4O3/c25-18-16-12-3-4-13(8-12)17(16)19(26)24(18)10-22-20(27)23-14-5-6-15-11(9-14)2-1-7-21-15/h1-7,9,12-13,16-17H,8,10H2,(H2,22,23,27). The second kappa shape index (κ2) is 5.90. The summed E-state index contributed by atoms with van der Waals surface area (Å²) in [5.74, 6) is -0.489. The van der Waals surface area contributed by atoms with Gasteiger partial charge in [-0.15, -0.1) is 0 Å². The minimum Gasteiger partial charge on any atom is -0.320 e. The second-order valence-corrected chi connectivity index (χ2v) is 7.30. The van der Waals surface area contributed by atoms with Gasteiger partial charge in [-0.1, -0.05) is 18.2 Å². The van der Waals surface area contributed by atoms with Crippen LogP contribution in [0.1, 0.15) is 6.42 Å². The van der Waals surface area contributed by atoms with E-state index in [0.717, 1.165) is 17.3 Å². The first-order valence-corrected chi connectivity index (χ1v) is 9.05. The number of hydrogen-bond acceptors (Lipinski definition) is 4. The second-order valence-electron chi connectivity index (χ2n) is 7.30. The molecule has 3 aliphatic rings. The summed E-state index contributed by atoms with van der Waals surface area (Å²) < 4.78 is 0. The number of fused-ring (bicyclic) bond motifs is 6. The number of pyridine rings is 1. The lowest BCUT2D eigenvalue weighted by Crippen LogP contribution is -2.43. The highest BCUT2D eigenvalue weighted by molar-refractivity contribution is 6.06. The summed E-state index contributed by atoms with van der Waals surface area (Å²) in [5, 5.41) is 6.26. The fourth-order valence-electron chi connectivity index (χ4n) is 4.60. The number of rotatable bonds is 3. The Bertz CT molecular complexity index is 972. The van der Waals surface area contributed by atoms with Crippen LogP contribution in [0.2, 0.25) is 0 Å². The number of nitrogens with zero attached hydrogens (tertiary/aromatic N) is 2. The van der Waals surface area contributed by atoms with Crippen LogP contribution in [-0.4, -0.2) is 34.4 Å². The molecule has 1 aromatic heterocycles. The largest absolute Gasteiger partial charge is 0.320 e. The van der Waals surface area contributed by atoms with Crippen molar-refractivity contribution in [2.24, 2.45) is 23.7 Å².